The van der Waals surface area contributed by atoms with Crippen molar-refractivity contribution < 1.29 is 9.59 Å². The van der Waals surface area contributed by atoms with Crippen molar-refractivity contribution in [2.24, 2.45) is 5.92 Å². The maximum absolute atomic E-state index is 12.5. The lowest BCUT2D eigenvalue weighted by Gasteiger charge is -2.32. The number of benzene rings is 1. The van der Waals surface area contributed by atoms with Gasteiger partial charge in [-0.3, -0.25) is 9.59 Å². The molecule has 0 aromatic heterocycles. The third-order valence-electron chi connectivity index (χ3n) is 5.40. The predicted octanol–water partition coefficient (Wildman–Crippen LogP) is 2.28. The Labute approximate surface area is 136 Å². The Bertz CT molecular complexity index is 624. The summed E-state index contributed by atoms with van der Waals surface area (Å²) < 4.78 is 0. The van der Waals surface area contributed by atoms with E-state index < -0.39 is 0 Å². The first-order valence-electron chi connectivity index (χ1n) is 8.69. The van der Waals surface area contributed by atoms with Crippen molar-refractivity contribution in [3.63, 3.8) is 0 Å². The molecule has 23 heavy (non-hydrogen) atoms. The van der Waals surface area contributed by atoms with Crippen molar-refractivity contribution in [1.82, 2.24) is 5.32 Å². The van der Waals surface area contributed by atoms with E-state index in [-0.39, 0.29) is 29.8 Å². The maximum Gasteiger partial charge on any atom is 0.247 e. The topological polar surface area (TPSA) is 61.4 Å². The first kappa shape index (κ1) is 14.5. The van der Waals surface area contributed by atoms with Gasteiger partial charge in [-0.15, -0.1) is 0 Å². The number of hydrogen-bond acceptors (Lipinski definition) is 3. The molecule has 122 valence electrons. The van der Waals surface area contributed by atoms with Crippen LogP contribution in [0.15, 0.2) is 24.3 Å². The number of rotatable bonds is 2. The molecule has 2 aliphatic heterocycles. The van der Waals surface area contributed by atoms with Gasteiger partial charge in [0.15, 0.2) is 0 Å². The maximum atomic E-state index is 12.5. The fourth-order valence-electron chi connectivity index (χ4n) is 4.18. The second-order valence-corrected chi connectivity index (χ2v) is 6.95. The summed E-state index contributed by atoms with van der Waals surface area (Å²) in [5.74, 6) is 0.392. The number of nitrogens with one attached hydrogen (secondary N) is 2. The van der Waals surface area contributed by atoms with Crippen LogP contribution in [0.2, 0.25) is 0 Å². The van der Waals surface area contributed by atoms with Crippen molar-refractivity contribution >= 4 is 23.2 Å². The van der Waals surface area contributed by atoms with Crippen molar-refractivity contribution in [3.05, 3.63) is 24.3 Å². The monoisotopic (exact) mass is 313 g/mol. The van der Waals surface area contributed by atoms with E-state index in [4.69, 9.17) is 0 Å². The summed E-state index contributed by atoms with van der Waals surface area (Å²) in [5.41, 5.74) is 1.93. The van der Waals surface area contributed by atoms with Gasteiger partial charge in [0.2, 0.25) is 11.8 Å². The van der Waals surface area contributed by atoms with Gasteiger partial charge in [-0.1, -0.05) is 31.4 Å². The van der Waals surface area contributed by atoms with Gasteiger partial charge in [-0.25, -0.2) is 0 Å². The van der Waals surface area contributed by atoms with Gasteiger partial charge in [0, 0.05) is 18.5 Å². The molecule has 1 saturated carbocycles. The molecule has 2 N–H and O–H groups in total. The van der Waals surface area contributed by atoms with E-state index in [0.29, 0.717) is 13.0 Å². The lowest BCUT2D eigenvalue weighted by atomic mass is 9.88. The van der Waals surface area contributed by atoms with Crippen molar-refractivity contribution in [3.8, 4) is 0 Å². The molecule has 4 rings (SSSR count). The summed E-state index contributed by atoms with van der Waals surface area (Å²) >= 11 is 0. The zero-order chi connectivity index (χ0) is 15.8. The fraction of sp³-hybridized carbons (Fsp3) is 0.556. The van der Waals surface area contributed by atoms with Gasteiger partial charge in [0.1, 0.15) is 6.04 Å². The molecule has 1 saturated heterocycles. The Kier molecular flexibility index (Phi) is 3.71. The SMILES string of the molecule is O=C(NC1CC2C(=O)Nc3ccccc3N2C1)C1CCCCC1. The van der Waals surface area contributed by atoms with Gasteiger partial charge in [-0.05, 0) is 31.4 Å². The number of nitrogens with zero attached hydrogens (tertiary/aromatic N) is 1. The molecule has 1 aromatic rings. The first-order chi connectivity index (χ1) is 11.2. The highest BCUT2D eigenvalue weighted by molar-refractivity contribution is 6.04. The number of fused-ring (bicyclic) bond motifs is 3. The van der Waals surface area contributed by atoms with Crippen LogP contribution in [0.1, 0.15) is 38.5 Å². The molecule has 2 atom stereocenters. The van der Waals surface area contributed by atoms with E-state index in [1.54, 1.807) is 0 Å². The van der Waals surface area contributed by atoms with Crippen LogP contribution in [0.5, 0.6) is 0 Å². The molecule has 3 aliphatic rings. The second-order valence-electron chi connectivity index (χ2n) is 6.95. The Morgan fingerprint density at radius 3 is 2.78 bits per heavy atom. The molecular formula is C18H23N3O2. The summed E-state index contributed by atoms with van der Waals surface area (Å²) in [7, 11) is 0. The van der Waals surface area contributed by atoms with Crippen LogP contribution in [0, 0.1) is 5.92 Å². The Morgan fingerprint density at radius 2 is 1.96 bits per heavy atom. The molecule has 2 amide bonds. The third kappa shape index (κ3) is 2.69. The van der Waals surface area contributed by atoms with E-state index in [9.17, 15) is 9.59 Å². The average molecular weight is 313 g/mol. The third-order valence-corrected chi connectivity index (χ3v) is 5.40. The number of hydrogen-bond donors (Lipinski definition) is 2. The summed E-state index contributed by atoms with van der Waals surface area (Å²) in [6.07, 6.45) is 6.28. The number of carbonyl (C=O) groups excluding carboxylic acids is 2. The van der Waals surface area contributed by atoms with E-state index >= 15 is 0 Å². The quantitative estimate of drug-likeness (QED) is 0.880. The largest absolute Gasteiger partial charge is 0.356 e. The van der Waals surface area contributed by atoms with Crippen molar-refractivity contribution in [2.75, 3.05) is 16.8 Å². The Balaban J connectivity index is 1.46. The van der Waals surface area contributed by atoms with Crippen molar-refractivity contribution in [2.45, 2.75) is 50.6 Å². The summed E-state index contributed by atoms with van der Waals surface area (Å²) in [5, 5.41) is 6.17. The molecule has 1 aromatic carbocycles. The zero-order valence-corrected chi connectivity index (χ0v) is 13.3. The molecule has 0 radical (unpaired) electrons. The summed E-state index contributed by atoms with van der Waals surface area (Å²) in [6, 6.07) is 7.77. The standard InChI is InChI=1S/C18H23N3O2/c22-17(12-6-2-1-3-7-12)19-13-10-16-18(23)20-14-8-4-5-9-15(14)21(16)11-13/h4-5,8-9,12-13,16H,1-3,6-7,10-11H2,(H,19,22)(H,20,23). The summed E-state index contributed by atoms with van der Waals surface area (Å²) in [6.45, 7) is 0.716. The van der Waals surface area contributed by atoms with Gasteiger partial charge in [0.25, 0.3) is 0 Å². The van der Waals surface area contributed by atoms with E-state index in [0.717, 1.165) is 37.1 Å². The van der Waals surface area contributed by atoms with Crippen LogP contribution in [0.3, 0.4) is 0 Å². The highest BCUT2D eigenvalue weighted by Gasteiger charge is 2.41. The molecule has 0 bridgehead atoms. The lowest BCUT2D eigenvalue weighted by Crippen LogP contribution is -2.44. The molecular weight excluding hydrogens is 290 g/mol. The predicted molar refractivity (Wildman–Crippen MR) is 89.3 cm³/mol. The van der Waals surface area contributed by atoms with Gasteiger partial charge in [0.05, 0.1) is 11.4 Å². The minimum absolute atomic E-state index is 0.0399. The zero-order valence-electron chi connectivity index (χ0n) is 13.3. The fourth-order valence-corrected chi connectivity index (χ4v) is 4.18. The van der Waals surface area contributed by atoms with Crippen molar-refractivity contribution in [1.29, 1.82) is 0 Å². The minimum atomic E-state index is -0.165. The van der Waals surface area contributed by atoms with Crippen LogP contribution in [-0.4, -0.2) is 30.4 Å². The molecule has 5 nitrogen and oxygen atoms in total. The van der Waals surface area contributed by atoms with Gasteiger partial charge in [-0.2, -0.15) is 0 Å². The van der Waals surface area contributed by atoms with E-state index in [2.05, 4.69) is 15.5 Å². The van der Waals surface area contributed by atoms with Crippen LogP contribution in [-0.2, 0) is 9.59 Å². The van der Waals surface area contributed by atoms with Crippen LogP contribution >= 0.6 is 0 Å². The normalized spacial score (nSPS) is 27.1. The molecule has 2 unspecified atom stereocenters. The highest BCUT2D eigenvalue weighted by atomic mass is 16.2. The Hall–Kier alpha value is -2.04. The van der Waals surface area contributed by atoms with Gasteiger partial charge >= 0.3 is 0 Å². The molecule has 0 spiro atoms. The summed E-state index contributed by atoms with van der Waals surface area (Å²) in [4.78, 5) is 26.9. The number of amides is 2. The van der Waals surface area contributed by atoms with Crippen LogP contribution < -0.4 is 15.5 Å². The molecule has 2 heterocycles. The molecule has 2 fully saturated rings. The second kappa shape index (κ2) is 5.87. The van der Waals surface area contributed by atoms with Crippen LogP contribution in [0.4, 0.5) is 11.4 Å². The average Bonchev–Trinajstić information content (AvgIpc) is 3.00. The number of carbonyl (C=O) groups is 2. The highest BCUT2D eigenvalue weighted by Crippen LogP contribution is 2.36. The first-order valence-corrected chi connectivity index (χ1v) is 8.69. The molecule has 5 heteroatoms. The number of anilines is 2. The van der Waals surface area contributed by atoms with E-state index in [1.807, 2.05) is 24.3 Å². The van der Waals surface area contributed by atoms with E-state index in [1.165, 1.54) is 6.42 Å². The van der Waals surface area contributed by atoms with Gasteiger partial charge < -0.3 is 15.5 Å². The Morgan fingerprint density at radius 1 is 1.17 bits per heavy atom. The molecule has 1 aliphatic carbocycles. The minimum Gasteiger partial charge on any atom is -0.356 e. The number of para-hydroxylation sites is 2. The van der Waals surface area contributed by atoms with Crippen LogP contribution in [0.25, 0.3) is 0 Å². The lowest BCUT2D eigenvalue weighted by molar-refractivity contribution is -0.126. The smallest absolute Gasteiger partial charge is 0.247 e.